The number of carboxylic acids is 1. The molecule has 3 amide bonds. The second kappa shape index (κ2) is 25.0. The highest BCUT2D eigenvalue weighted by Crippen LogP contribution is 2.38. The molecule has 0 spiro atoms. The van der Waals surface area contributed by atoms with Crippen LogP contribution in [0.25, 0.3) is 0 Å². The number of hydrogen-bond donors (Lipinski definition) is 19. The van der Waals surface area contributed by atoms with E-state index in [1.165, 1.54) is 6.92 Å². The Bertz CT molecular complexity index is 1780. The van der Waals surface area contributed by atoms with Gasteiger partial charge >= 0.3 is 5.97 Å². The molecule has 0 saturated carbocycles. The van der Waals surface area contributed by atoms with E-state index < -0.39 is 222 Å². The van der Waals surface area contributed by atoms with Crippen molar-refractivity contribution in [2.24, 2.45) is 0 Å². The summed E-state index contributed by atoms with van der Waals surface area (Å²) >= 11 is 0. The van der Waals surface area contributed by atoms with Gasteiger partial charge in [0.1, 0.15) is 116 Å². The summed E-state index contributed by atoms with van der Waals surface area (Å²) in [6, 6.07) is -5.29. The zero-order valence-corrected chi connectivity index (χ0v) is 38.1. The Morgan fingerprint density at radius 3 is 1.76 bits per heavy atom. The highest BCUT2D eigenvalue weighted by Gasteiger charge is 2.59. The number of rotatable bonds is 19. The first kappa shape index (κ1) is 58.8. The van der Waals surface area contributed by atoms with Crippen molar-refractivity contribution < 1.29 is 144 Å². The van der Waals surface area contributed by atoms with Gasteiger partial charge in [-0.1, -0.05) is 0 Å². The van der Waals surface area contributed by atoms with E-state index in [1.807, 2.05) is 0 Å². The van der Waals surface area contributed by atoms with Crippen LogP contribution in [0.4, 0.5) is 0 Å². The Labute approximate surface area is 402 Å². The fourth-order valence-corrected chi connectivity index (χ4v) is 8.74. The van der Waals surface area contributed by atoms with E-state index in [0.29, 0.717) is 0 Å². The largest absolute Gasteiger partial charge is 0.477 e. The van der Waals surface area contributed by atoms with Gasteiger partial charge in [-0.2, -0.15) is 0 Å². The molecule has 32 heteroatoms. The predicted molar refractivity (Wildman–Crippen MR) is 219 cm³/mol. The Hall–Kier alpha value is -3.08. The van der Waals surface area contributed by atoms with Crippen molar-refractivity contribution in [3.8, 4) is 0 Å². The van der Waals surface area contributed by atoms with E-state index in [9.17, 15) is 101 Å². The number of ether oxygens (including phenoxy) is 9. The lowest BCUT2D eigenvalue weighted by Gasteiger charge is -2.51. The van der Waals surface area contributed by atoms with Gasteiger partial charge < -0.3 is 140 Å². The van der Waals surface area contributed by atoms with Crippen LogP contribution in [0, 0.1) is 0 Å². The number of carbonyl (C=O) groups excluding carboxylic acids is 3. The van der Waals surface area contributed by atoms with Gasteiger partial charge in [-0.05, 0) is 6.92 Å². The summed E-state index contributed by atoms with van der Waals surface area (Å²) in [5.74, 6) is -7.92. The van der Waals surface area contributed by atoms with Crippen LogP contribution in [0.15, 0.2) is 0 Å². The van der Waals surface area contributed by atoms with Crippen molar-refractivity contribution in [1.82, 2.24) is 16.0 Å². The molecule has 0 bridgehead atoms. The number of hydrogen-bond acceptors (Lipinski definition) is 28. The number of carbonyl (C=O) groups is 4. The van der Waals surface area contributed by atoms with Gasteiger partial charge in [0, 0.05) is 20.3 Å². The van der Waals surface area contributed by atoms with Gasteiger partial charge in [0.15, 0.2) is 25.2 Å². The summed E-state index contributed by atoms with van der Waals surface area (Å²) in [7, 11) is 0. The lowest BCUT2D eigenvalue weighted by molar-refractivity contribution is -0.397. The summed E-state index contributed by atoms with van der Waals surface area (Å²) in [6.07, 6.45) is -44.6. The van der Waals surface area contributed by atoms with Crippen LogP contribution < -0.4 is 16.0 Å². The van der Waals surface area contributed by atoms with E-state index in [0.717, 1.165) is 13.8 Å². The van der Waals surface area contributed by atoms with Gasteiger partial charge in [0.05, 0.1) is 44.7 Å². The average molecular weight is 1040 g/mol. The van der Waals surface area contributed by atoms with Crippen LogP contribution >= 0.6 is 0 Å². The van der Waals surface area contributed by atoms with Crippen molar-refractivity contribution in [2.75, 3.05) is 33.0 Å². The summed E-state index contributed by atoms with van der Waals surface area (Å²) in [4.78, 5) is 49.8. The summed E-state index contributed by atoms with van der Waals surface area (Å²) in [5, 5.41) is 177. The van der Waals surface area contributed by atoms with E-state index in [2.05, 4.69) is 16.0 Å². The molecule has 0 radical (unpaired) electrons. The highest BCUT2D eigenvalue weighted by atomic mass is 16.8. The molecule has 410 valence electrons. The second-order valence-electron chi connectivity index (χ2n) is 17.6. The molecule has 0 aliphatic carbocycles. The second-order valence-corrected chi connectivity index (χ2v) is 17.6. The standard InChI is InChI=1S/C39H65N3O29/c1-10-22(52)28(58)29(59)36(64-10)70-33-32(69-35-20(40-11(2)47)27(57)24(54)15(6-44)66-35)25(55)16(7-45)67-37(33)68-30-21(41-12(3)48)34(60)65-17(26(30)56)9-63-39(38(61)62)4-13(49)19(42-18(51)8-46)31(71-39)23(53)14(50)5-43/h10,13-17,19-37,43-46,49-50,52-60H,4-9H2,1-3H3,(H,40,47)(H,41,48)(H,42,51)(H,61,62)/t10-,13-,14+,15+,16+,17+,19+,20+,21+,22+,23+,24-,25-,26-,27+,28+,29-,30+,31+,32-,33+,34-,35+,36-,37-,39+/m0/s1. The Balaban J connectivity index is 1.53. The van der Waals surface area contributed by atoms with Crippen LogP contribution in [-0.4, -0.2) is 297 Å². The SMILES string of the molecule is CC(=O)N[C@@H]1[C@@H](O[C@@H]2O[C@H](CO)[C@H](O)[C@H](O[C@H]3O[C@H](CO)[C@H](O)[C@H](O)[C@H]3NC(C)=O)[C@H]2O[C@@H]2O[C@@H](C)[C@@H](O)[C@@H](O)[C@@H]2O)[C@@H](O)[C@@H](CO[C@]2(C(=O)O)C[C@H](O)[C@@H](NC(=O)CO)[C@H]([C@H](O)[C@H](O)CO)O2)O[C@@H]1O. The molecule has 0 unspecified atom stereocenters. The third-order valence-electron chi connectivity index (χ3n) is 12.6. The van der Waals surface area contributed by atoms with Crippen molar-refractivity contribution in [1.29, 1.82) is 0 Å². The predicted octanol–water partition coefficient (Wildman–Crippen LogP) is -12.3. The van der Waals surface area contributed by atoms with Crippen molar-refractivity contribution in [2.45, 2.75) is 186 Å². The smallest absolute Gasteiger partial charge is 0.364 e. The van der Waals surface area contributed by atoms with E-state index in [-0.39, 0.29) is 0 Å². The Morgan fingerprint density at radius 1 is 0.620 bits per heavy atom. The minimum atomic E-state index is -3.06. The fourth-order valence-electron chi connectivity index (χ4n) is 8.74. The molecule has 0 aromatic rings. The van der Waals surface area contributed by atoms with Crippen LogP contribution in [-0.2, 0) is 61.8 Å². The number of aliphatic hydroxyl groups excluding tert-OH is 15. The summed E-state index contributed by atoms with van der Waals surface area (Å²) in [6.45, 7) is -2.22. The summed E-state index contributed by atoms with van der Waals surface area (Å²) in [5.41, 5.74) is 0. The molecule has 5 saturated heterocycles. The molecule has 5 aliphatic rings. The number of aliphatic hydroxyl groups is 15. The molecular formula is C39H65N3O29. The molecule has 5 aliphatic heterocycles. The van der Waals surface area contributed by atoms with Crippen LogP contribution in [0.5, 0.6) is 0 Å². The minimum Gasteiger partial charge on any atom is -0.477 e. The van der Waals surface area contributed by atoms with E-state index >= 15 is 0 Å². The van der Waals surface area contributed by atoms with Gasteiger partial charge in [-0.25, -0.2) is 4.79 Å². The van der Waals surface area contributed by atoms with E-state index in [1.54, 1.807) is 0 Å². The summed E-state index contributed by atoms with van der Waals surface area (Å²) < 4.78 is 52.2. The average Bonchev–Trinajstić information content (AvgIpc) is 3.32. The van der Waals surface area contributed by atoms with Gasteiger partial charge in [0.2, 0.25) is 17.7 Å². The first-order chi connectivity index (χ1) is 33.3. The van der Waals surface area contributed by atoms with Crippen LogP contribution in [0.2, 0.25) is 0 Å². The topological polar surface area (TPSA) is 511 Å². The number of amides is 3. The quantitative estimate of drug-likeness (QED) is 0.0571. The van der Waals surface area contributed by atoms with Crippen LogP contribution in [0.1, 0.15) is 27.2 Å². The zero-order chi connectivity index (χ0) is 53.0. The molecule has 5 rings (SSSR count). The lowest BCUT2D eigenvalue weighted by atomic mass is 9.88. The Morgan fingerprint density at radius 2 is 1.18 bits per heavy atom. The molecule has 32 nitrogen and oxygen atoms in total. The normalized spacial score (nSPS) is 45.0. The molecule has 5 fully saturated rings. The minimum absolute atomic E-state index is 0.806. The Kier molecular flexibility index (Phi) is 20.7. The molecule has 0 aromatic heterocycles. The zero-order valence-electron chi connectivity index (χ0n) is 38.1. The maximum absolute atomic E-state index is 12.9. The maximum Gasteiger partial charge on any atom is 0.364 e. The number of nitrogens with one attached hydrogen (secondary N) is 3. The molecular weight excluding hydrogens is 974 g/mol. The number of carboxylic acid groups (broad SMARTS) is 1. The third-order valence-corrected chi connectivity index (χ3v) is 12.6. The maximum atomic E-state index is 12.9. The molecule has 19 N–H and O–H groups in total. The van der Waals surface area contributed by atoms with Crippen molar-refractivity contribution in [3.63, 3.8) is 0 Å². The van der Waals surface area contributed by atoms with Crippen LogP contribution in [0.3, 0.4) is 0 Å². The fraction of sp³-hybridized carbons (Fsp3) is 0.897. The monoisotopic (exact) mass is 1040 g/mol. The van der Waals surface area contributed by atoms with Gasteiger partial charge in [-0.3, -0.25) is 14.4 Å². The van der Waals surface area contributed by atoms with Crippen molar-refractivity contribution in [3.05, 3.63) is 0 Å². The molecule has 71 heavy (non-hydrogen) atoms. The van der Waals surface area contributed by atoms with E-state index in [4.69, 9.17) is 42.6 Å². The highest BCUT2D eigenvalue weighted by molar-refractivity contribution is 5.78. The molecule has 26 atom stereocenters. The van der Waals surface area contributed by atoms with Crippen molar-refractivity contribution >= 4 is 23.7 Å². The number of aliphatic carboxylic acids is 1. The van der Waals surface area contributed by atoms with Gasteiger partial charge in [-0.15, -0.1) is 0 Å². The first-order valence-electron chi connectivity index (χ1n) is 22.2. The first-order valence-corrected chi connectivity index (χ1v) is 22.2. The lowest BCUT2D eigenvalue weighted by Crippen LogP contribution is -2.71. The molecule has 0 aromatic carbocycles. The third kappa shape index (κ3) is 13.1. The molecule has 5 heterocycles. The van der Waals surface area contributed by atoms with Gasteiger partial charge in [0.25, 0.3) is 5.79 Å².